The summed E-state index contributed by atoms with van der Waals surface area (Å²) >= 11 is 0. The monoisotopic (exact) mass is 1450 g/mol. The van der Waals surface area contributed by atoms with Crippen LogP contribution in [0.15, 0.2) is 0 Å². The molecule has 0 radical (unpaired) electrons. The molecule has 10 unspecified atom stereocenters. The molecule has 10 atom stereocenters. The molecule has 0 saturated carbocycles. The van der Waals surface area contributed by atoms with Crippen LogP contribution in [0.1, 0.15) is 156 Å². The molecule has 2 aliphatic rings. The summed E-state index contributed by atoms with van der Waals surface area (Å²) < 4.78 is 101. The quantitative estimate of drug-likeness (QED) is 0.0298. The van der Waals surface area contributed by atoms with Gasteiger partial charge in [0.2, 0.25) is 29.5 Å². The second-order valence-electron chi connectivity index (χ2n) is 25.2. The number of carboxylic acids is 1. The third-order valence-corrected chi connectivity index (χ3v) is 16.0. The molecule has 5 amide bonds. The molecule has 2 saturated heterocycles. The summed E-state index contributed by atoms with van der Waals surface area (Å²) in [5.74, 6) is -2.86. The van der Waals surface area contributed by atoms with Gasteiger partial charge in [0.05, 0.1) is 118 Å². The van der Waals surface area contributed by atoms with Crippen LogP contribution in [0.25, 0.3) is 0 Å². The van der Waals surface area contributed by atoms with Crippen molar-refractivity contribution in [1.82, 2.24) is 26.6 Å². The first-order valence-electron chi connectivity index (χ1n) is 35.0. The average Bonchev–Trinajstić information content (AvgIpc) is 0.786. The fourth-order valence-electron chi connectivity index (χ4n) is 9.84. The maximum absolute atomic E-state index is 12.3. The van der Waals surface area contributed by atoms with Crippen molar-refractivity contribution in [2.45, 2.75) is 211 Å². The lowest BCUT2D eigenvalue weighted by molar-refractivity contribution is -0.346. The number of hydrogen-bond donors (Lipinski definition) is 11. The zero-order valence-corrected chi connectivity index (χ0v) is 59.6. The van der Waals surface area contributed by atoms with Crippen molar-refractivity contribution in [2.75, 3.05) is 152 Å². The van der Waals surface area contributed by atoms with Crippen LogP contribution in [0.2, 0.25) is 0 Å². The second kappa shape index (κ2) is 56.2. The third-order valence-electron chi connectivity index (χ3n) is 15.6. The van der Waals surface area contributed by atoms with Crippen LogP contribution < -0.4 is 26.6 Å². The fraction of sp³-hybridized carbons (Fsp3) is 0.892. The third kappa shape index (κ3) is 47.6. The zero-order chi connectivity index (χ0) is 72.9. The van der Waals surface area contributed by atoms with Crippen LogP contribution in [0.5, 0.6) is 0 Å². The van der Waals surface area contributed by atoms with Crippen LogP contribution in [-0.2, 0) is 105 Å². The van der Waals surface area contributed by atoms with Crippen LogP contribution in [0.3, 0.4) is 0 Å². The van der Waals surface area contributed by atoms with Crippen molar-refractivity contribution in [3.8, 4) is 0 Å². The Morgan fingerprint density at radius 2 is 0.808 bits per heavy atom. The van der Waals surface area contributed by atoms with E-state index in [1.807, 2.05) is 13.8 Å². The van der Waals surface area contributed by atoms with Crippen molar-refractivity contribution in [3.05, 3.63) is 0 Å². The number of unbranched alkanes of at least 4 members (excludes halogenated alkanes) is 11. The van der Waals surface area contributed by atoms with E-state index in [4.69, 9.17) is 61.4 Å². The molecule has 0 aromatic heterocycles. The summed E-state index contributed by atoms with van der Waals surface area (Å²) in [5.41, 5.74) is -0.289. The van der Waals surface area contributed by atoms with Crippen molar-refractivity contribution >= 4 is 51.7 Å². The van der Waals surface area contributed by atoms with E-state index in [9.17, 15) is 67.5 Å². The molecule has 2 aliphatic heterocycles. The van der Waals surface area contributed by atoms with Gasteiger partial charge in [-0.15, -0.1) is 0 Å². The number of ketones is 1. The molecule has 2 fully saturated rings. The summed E-state index contributed by atoms with van der Waals surface area (Å²) in [6, 6.07) is 0. The summed E-state index contributed by atoms with van der Waals surface area (Å²) in [7, 11) is -4.94. The lowest BCUT2D eigenvalue weighted by Gasteiger charge is -2.45. The second-order valence-corrected chi connectivity index (χ2v) is 26.2. The van der Waals surface area contributed by atoms with Gasteiger partial charge in [-0.1, -0.05) is 72.1 Å². The number of carbonyl (C=O) groups is 7. The van der Waals surface area contributed by atoms with E-state index in [-0.39, 0.29) is 73.2 Å². The first-order chi connectivity index (χ1) is 47.4. The number of aliphatic carboxylic acids is 1. The number of aliphatic hydroxyl groups excluding tert-OH is 4. The summed E-state index contributed by atoms with van der Waals surface area (Å²) in [4.78, 5) is 84.1. The van der Waals surface area contributed by atoms with Gasteiger partial charge in [0.1, 0.15) is 36.3 Å². The smallest absolute Gasteiger partial charge is 0.397 e. The predicted octanol–water partition coefficient (Wildman–Crippen LogP) is 0.953. The van der Waals surface area contributed by atoms with E-state index < -0.39 is 84.2 Å². The molecule has 34 heteroatoms. The van der Waals surface area contributed by atoms with E-state index >= 15 is 0 Å². The minimum Gasteiger partial charge on any atom is -0.479 e. The summed E-state index contributed by atoms with van der Waals surface area (Å²) in [5, 5.41) is 66.6. The maximum atomic E-state index is 12.3. The van der Waals surface area contributed by atoms with Crippen LogP contribution >= 0.6 is 0 Å². The Morgan fingerprint density at radius 3 is 1.25 bits per heavy atom. The normalized spacial score (nSPS) is 21.1. The van der Waals surface area contributed by atoms with Gasteiger partial charge in [-0.05, 0) is 45.4 Å². The molecule has 2 heterocycles. The highest BCUT2D eigenvalue weighted by Crippen LogP contribution is 2.33. The number of amides is 5. The van der Waals surface area contributed by atoms with E-state index in [1.165, 1.54) is 13.8 Å². The Hall–Kier alpha value is -4.28. The number of nitrogens with one attached hydrogen (secondary N) is 5. The largest absolute Gasteiger partial charge is 0.479 e. The Kier molecular flexibility index (Phi) is 51.6. The van der Waals surface area contributed by atoms with Crippen molar-refractivity contribution in [1.29, 1.82) is 0 Å². The Morgan fingerprint density at radius 1 is 0.424 bits per heavy atom. The highest BCUT2D eigenvalue weighted by molar-refractivity contribution is 7.80. The minimum absolute atomic E-state index is 0.00667. The number of Topliss-reactive ketones (excluding diaryl/α,β-unsaturated/α-hetero) is 1. The highest BCUT2D eigenvalue weighted by atomic mass is 32.3. The molecular weight excluding hydrogens is 1330 g/mol. The van der Waals surface area contributed by atoms with Gasteiger partial charge in [-0.3, -0.25) is 33.3 Å². The molecule has 99 heavy (non-hydrogen) atoms. The first-order valence-corrected chi connectivity index (χ1v) is 36.4. The minimum atomic E-state index is -4.94. The number of hydrogen-bond acceptors (Lipinski definition) is 26. The number of ether oxygens (including phenoxy) is 12. The van der Waals surface area contributed by atoms with Gasteiger partial charge in [0, 0.05) is 89.2 Å². The molecule has 0 bridgehead atoms. The lowest BCUT2D eigenvalue weighted by Crippen LogP contribution is -2.64. The number of carbonyl (C=O) groups excluding carboxylic acids is 6. The van der Waals surface area contributed by atoms with Crippen molar-refractivity contribution in [2.24, 2.45) is 11.3 Å². The number of carboxylic acid groups (broad SMARTS) is 1. The SMILES string of the molecule is CC(=O)CCOCCOCCOCCNC(=O)CCCCCCCNC(=O)CCOCC(C)(C)COCCC(=O)NCCCCCCCC(=O)NCCOCCOCCOCCC(=O)NCCCCCCOC1OC(C(=O)O)C(OC2OC(COS(=O)(=O)O)C(O)C(O)C2C)C(O)C1O. The number of aliphatic hydroxyl groups is 4. The molecule has 11 N–H and O–H groups in total. The Balaban J connectivity index is 1.31. The summed E-state index contributed by atoms with van der Waals surface area (Å²) in [6.45, 7) is 14.3. The van der Waals surface area contributed by atoms with Crippen molar-refractivity contribution < 1.29 is 133 Å². The average molecular weight is 1450 g/mol. The van der Waals surface area contributed by atoms with Crippen LogP contribution in [0.4, 0.5) is 0 Å². The van der Waals surface area contributed by atoms with E-state index in [2.05, 4.69) is 30.8 Å². The summed E-state index contributed by atoms with van der Waals surface area (Å²) in [6.07, 6.45) is -1.76. The van der Waals surface area contributed by atoms with E-state index in [0.717, 1.165) is 64.2 Å². The van der Waals surface area contributed by atoms with Crippen LogP contribution in [0, 0.1) is 11.3 Å². The molecule has 0 aromatic carbocycles. The topological polar surface area (TPSA) is 455 Å². The zero-order valence-electron chi connectivity index (χ0n) is 58.8. The molecule has 0 spiro atoms. The lowest BCUT2D eigenvalue weighted by atomic mass is 9.92. The predicted molar refractivity (Wildman–Crippen MR) is 355 cm³/mol. The standard InChI is InChI=1S/C65H119N5O28S/c1-48(71)21-31-86-37-41-90-43-39-88-35-28-69-51(72)19-13-7-5-9-15-25-67-54(75)23-33-92-46-65(3,4)47-93-34-24-55(76)68-26-16-10-6-8-14-20-52(73)70-29-36-89-40-44-91-42-38-87-32-22-53(74)66-27-17-11-12-18-30-94-64-59(80)58(79)60(61(98-64)62(81)82)97-63-49(2)56(77)57(78)50(96-63)45-95-99(83,84)85/h49-50,56-61,63-64,77-80H,5-47H2,1-4H3,(H,66,74)(H,67,75)(H,68,76)(H,69,72)(H,70,73)(H,81,82)(H,83,84,85). The van der Waals surface area contributed by atoms with Gasteiger partial charge in [-0.25, -0.2) is 8.98 Å². The Labute approximate surface area is 583 Å². The molecule has 0 aromatic rings. The van der Waals surface area contributed by atoms with E-state index in [0.29, 0.717) is 177 Å². The van der Waals surface area contributed by atoms with Crippen molar-refractivity contribution in [3.63, 3.8) is 0 Å². The molecule has 0 aliphatic carbocycles. The van der Waals surface area contributed by atoms with Gasteiger partial charge in [-0.2, -0.15) is 8.42 Å². The van der Waals surface area contributed by atoms with E-state index in [1.54, 1.807) is 0 Å². The van der Waals surface area contributed by atoms with Gasteiger partial charge in [0.15, 0.2) is 18.7 Å². The maximum Gasteiger partial charge on any atom is 0.397 e. The highest BCUT2D eigenvalue weighted by Gasteiger charge is 2.52. The fourth-order valence-corrected chi connectivity index (χ4v) is 10.1. The van der Waals surface area contributed by atoms with Gasteiger partial charge >= 0.3 is 16.4 Å². The van der Waals surface area contributed by atoms with Crippen LogP contribution in [-0.4, -0.2) is 287 Å². The number of rotatable bonds is 64. The van der Waals surface area contributed by atoms with Gasteiger partial charge < -0.3 is 109 Å². The molecule has 2 rings (SSSR count). The molecular formula is C65H119N5O28S. The first kappa shape index (κ1) is 90.8. The molecule has 578 valence electrons. The molecule has 33 nitrogen and oxygen atoms in total. The Bertz CT molecular complexity index is 2300. The van der Waals surface area contributed by atoms with Gasteiger partial charge in [0.25, 0.3) is 0 Å².